The number of anilines is 1. The molecule has 0 radical (unpaired) electrons. The molecular formula is C18H31N3. The standard InChI is InChI=1S/C18H31N3/c1-14-7-6-8-17(15(14)2)21-11-9-20(10-12-21)13-18(4,5)16(3)19/h6-8,16H,9-13,19H2,1-5H3. The van der Waals surface area contributed by atoms with Crippen LogP contribution in [0, 0.1) is 19.3 Å². The number of rotatable bonds is 4. The molecule has 3 nitrogen and oxygen atoms in total. The van der Waals surface area contributed by atoms with Crippen molar-refractivity contribution in [2.45, 2.75) is 40.7 Å². The highest BCUT2D eigenvalue weighted by molar-refractivity contribution is 5.56. The van der Waals surface area contributed by atoms with Crippen LogP contribution in [0.1, 0.15) is 31.9 Å². The van der Waals surface area contributed by atoms with Crippen LogP contribution < -0.4 is 10.6 Å². The number of nitrogens with zero attached hydrogens (tertiary/aromatic N) is 2. The average Bonchev–Trinajstić information content (AvgIpc) is 2.42. The van der Waals surface area contributed by atoms with Crippen LogP contribution in [0.15, 0.2) is 18.2 Å². The van der Waals surface area contributed by atoms with E-state index in [1.165, 1.54) is 16.8 Å². The molecule has 1 atom stereocenters. The maximum atomic E-state index is 6.11. The van der Waals surface area contributed by atoms with Crippen LogP contribution in [0.25, 0.3) is 0 Å². The molecule has 0 spiro atoms. The van der Waals surface area contributed by atoms with Gasteiger partial charge in [-0.05, 0) is 43.4 Å². The van der Waals surface area contributed by atoms with Crippen molar-refractivity contribution in [3.05, 3.63) is 29.3 Å². The summed E-state index contributed by atoms with van der Waals surface area (Å²) >= 11 is 0. The predicted octanol–water partition coefficient (Wildman–Crippen LogP) is 2.80. The fourth-order valence-corrected chi connectivity index (χ4v) is 2.95. The zero-order valence-corrected chi connectivity index (χ0v) is 14.3. The molecule has 1 aliphatic heterocycles. The lowest BCUT2D eigenvalue weighted by Crippen LogP contribution is -2.52. The first-order valence-electron chi connectivity index (χ1n) is 8.10. The molecule has 21 heavy (non-hydrogen) atoms. The first-order chi connectivity index (χ1) is 9.81. The second-order valence-electron chi connectivity index (χ2n) is 7.26. The summed E-state index contributed by atoms with van der Waals surface area (Å²) in [6.45, 7) is 16.7. The second kappa shape index (κ2) is 6.37. The van der Waals surface area contributed by atoms with Crippen molar-refractivity contribution in [3.8, 4) is 0 Å². The quantitative estimate of drug-likeness (QED) is 0.925. The van der Waals surface area contributed by atoms with E-state index in [1.54, 1.807) is 0 Å². The monoisotopic (exact) mass is 289 g/mol. The number of piperazine rings is 1. The molecule has 0 bridgehead atoms. The van der Waals surface area contributed by atoms with Crippen molar-refractivity contribution in [2.75, 3.05) is 37.6 Å². The summed E-state index contributed by atoms with van der Waals surface area (Å²) < 4.78 is 0. The topological polar surface area (TPSA) is 32.5 Å². The first kappa shape index (κ1) is 16.3. The van der Waals surface area contributed by atoms with Crippen LogP contribution in [0.3, 0.4) is 0 Å². The lowest BCUT2D eigenvalue weighted by molar-refractivity contribution is 0.151. The van der Waals surface area contributed by atoms with Crippen LogP contribution in [-0.4, -0.2) is 43.7 Å². The van der Waals surface area contributed by atoms with E-state index in [-0.39, 0.29) is 11.5 Å². The van der Waals surface area contributed by atoms with E-state index in [0.717, 1.165) is 32.7 Å². The van der Waals surface area contributed by atoms with E-state index in [2.05, 4.69) is 62.6 Å². The summed E-state index contributed by atoms with van der Waals surface area (Å²) in [5, 5.41) is 0. The van der Waals surface area contributed by atoms with Crippen LogP contribution in [0.4, 0.5) is 5.69 Å². The molecule has 0 amide bonds. The van der Waals surface area contributed by atoms with Gasteiger partial charge >= 0.3 is 0 Å². The first-order valence-corrected chi connectivity index (χ1v) is 8.10. The molecule has 3 heteroatoms. The Morgan fingerprint density at radius 2 is 1.76 bits per heavy atom. The molecular weight excluding hydrogens is 258 g/mol. The molecule has 1 saturated heterocycles. The van der Waals surface area contributed by atoms with Gasteiger partial charge < -0.3 is 10.6 Å². The van der Waals surface area contributed by atoms with Gasteiger partial charge in [0.2, 0.25) is 0 Å². The summed E-state index contributed by atoms with van der Waals surface area (Å²) in [6.07, 6.45) is 0. The highest BCUT2D eigenvalue weighted by Gasteiger charge is 2.28. The average molecular weight is 289 g/mol. The molecule has 1 fully saturated rings. The summed E-state index contributed by atoms with van der Waals surface area (Å²) in [4.78, 5) is 5.09. The van der Waals surface area contributed by atoms with Gasteiger partial charge in [0.15, 0.2) is 0 Å². The van der Waals surface area contributed by atoms with E-state index in [9.17, 15) is 0 Å². The SMILES string of the molecule is Cc1cccc(N2CCN(CC(C)(C)C(C)N)CC2)c1C. The largest absolute Gasteiger partial charge is 0.369 e. The maximum Gasteiger partial charge on any atom is 0.0399 e. The minimum atomic E-state index is 0.182. The Balaban J connectivity index is 1.96. The summed E-state index contributed by atoms with van der Waals surface area (Å²) in [6, 6.07) is 6.85. The van der Waals surface area contributed by atoms with E-state index in [0.29, 0.717) is 0 Å². The Bertz CT molecular complexity index is 471. The molecule has 1 aromatic rings. The molecule has 2 rings (SSSR count). The third kappa shape index (κ3) is 3.78. The van der Waals surface area contributed by atoms with Crippen LogP contribution in [0.5, 0.6) is 0 Å². The van der Waals surface area contributed by atoms with Crippen molar-refractivity contribution >= 4 is 5.69 Å². The molecule has 1 aromatic carbocycles. The lowest BCUT2D eigenvalue weighted by Gasteiger charge is -2.41. The maximum absolute atomic E-state index is 6.11. The Kier molecular flexibility index (Phi) is 4.95. The van der Waals surface area contributed by atoms with E-state index in [4.69, 9.17) is 5.73 Å². The minimum absolute atomic E-state index is 0.182. The van der Waals surface area contributed by atoms with Crippen LogP contribution in [0.2, 0.25) is 0 Å². The third-order valence-corrected chi connectivity index (χ3v) is 5.15. The van der Waals surface area contributed by atoms with Gasteiger partial charge in [0, 0.05) is 44.5 Å². The van der Waals surface area contributed by atoms with Gasteiger partial charge in [0.05, 0.1) is 0 Å². The highest BCUT2D eigenvalue weighted by Crippen LogP contribution is 2.25. The summed E-state index contributed by atoms with van der Waals surface area (Å²) in [5.41, 5.74) is 10.5. The third-order valence-electron chi connectivity index (χ3n) is 5.15. The van der Waals surface area contributed by atoms with Crippen molar-refractivity contribution in [2.24, 2.45) is 11.1 Å². The van der Waals surface area contributed by atoms with Gasteiger partial charge in [0.1, 0.15) is 0 Å². The van der Waals surface area contributed by atoms with Gasteiger partial charge in [-0.1, -0.05) is 26.0 Å². The Labute approximate surface area is 130 Å². The second-order valence-corrected chi connectivity index (χ2v) is 7.26. The van der Waals surface area contributed by atoms with Crippen molar-refractivity contribution in [3.63, 3.8) is 0 Å². The number of benzene rings is 1. The van der Waals surface area contributed by atoms with Crippen molar-refractivity contribution in [1.82, 2.24) is 4.90 Å². The van der Waals surface area contributed by atoms with Crippen LogP contribution >= 0.6 is 0 Å². The molecule has 118 valence electrons. The highest BCUT2D eigenvalue weighted by atomic mass is 15.3. The van der Waals surface area contributed by atoms with Gasteiger partial charge in [-0.15, -0.1) is 0 Å². The fraction of sp³-hybridized carbons (Fsp3) is 0.667. The lowest BCUT2D eigenvalue weighted by atomic mass is 9.85. The smallest absolute Gasteiger partial charge is 0.0399 e. The normalized spacial score (nSPS) is 18.9. The Morgan fingerprint density at radius 3 is 2.33 bits per heavy atom. The van der Waals surface area contributed by atoms with Gasteiger partial charge in [-0.2, -0.15) is 0 Å². The summed E-state index contributed by atoms with van der Waals surface area (Å²) in [5.74, 6) is 0. The number of nitrogens with two attached hydrogens (primary N) is 1. The zero-order valence-electron chi connectivity index (χ0n) is 14.3. The fourth-order valence-electron chi connectivity index (χ4n) is 2.95. The molecule has 1 aliphatic rings. The number of aryl methyl sites for hydroxylation is 1. The van der Waals surface area contributed by atoms with E-state index >= 15 is 0 Å². The Hall–Kier alpha value is -1.06. The van der Waals surface area contributed by atoms with Crippen molar-refractivity contribution < 1.29 is 0 Å². The van der Waals surface area contributed by atoms with E-state index < -0.39 is 0 Å². The molecule has 1 unspecified atom stereocenters. The molecule has 2 N–H and O–H groups in total. The molecule has 0 aromatic heterocycles. The molecule has 0 aliphatic carbocycles. The minimum Gasteiger partial charge on any atom is -0.369 e. The zero-order chi connectivity index (χ0) is 15.6. The van der Waals surface area contributed by atoms with Gasteiger partial charge in [-0.25, -0.2) is 0 Å². The molecule has 0 saturated carbocycles. The number of hydrogen-bond acceptors (Lipinski definition) is 3. The van der Waals surface area contributed by atoms with E-state index in [1.807, 2.05) is 0 Å². The predicted molar refractivity (Wildman–Crippen MR) is 92.0 cm³/mol. The van der Waals surface area contributed by atoms with Crippen LogP contribution in [-0.2, 0) is 0 Å². The molecule has 1 heterocycles. The van der Waals surface area contributed by atoms with Crippen molar-refractivity contribution in [1.29, 1.82) is 0 Å². The van der Waals surface area contributed by atoms with Gasteiger partial charge in [-0.3, -0.25) is 4.90 Å². The van der Waals surface area contributed by atoms with Gasteiger partial charge in [0.25, 0.3) is 0 Å². The number of hydrogen-bond donors (Lipinski definition) is 1. The Morgan fingerprint density at radius 1 is 1.14 bits per heavy atom. The summed E-state index contributed by atoms with van der Waals surface area (Å²) in [7, 11) is 0.